The van der Waals surface area contributed by atoms with Gasteiger partial charge < -0.3 is 9.84 Å². The predicted octanol–water partition coefficient (Wildman–Crippen LogP) is 2.84. The molecular formula is C13H22O3. The minimum absolute atomic E-state index is 0.0801. The first kappa shape index (κ1) is 11.9. The van der Waals surface area contributed by atoms with E-state index in [0.717, 1.165) is 38.7 Å². The standard InChI is InChI=1S/C13H22O3/c14-13(15)11-6-4-10(5-7-11)9-12-3-1-2-8-16-12/h10-12H,1-9H2,(H,14,15). The molecule has 1 unspecified atom stereocenters. The van der Waals surface area contributed by atoms with Crippen LogP contribution in [0.4, 0.5) is 0 Å². The van der Waals surface area contributed by atoms with Gasteiger partial charge in [-0.25, -0.2) is 0 Å². The summed E-state index contributed by atoms with van der Waals surface area (Å²) in [4.78, 5) is 10.8. The molecule has 3 nitrogen and oxygen atoms in total. The Labute approximate surface area is 97.2 Å². The number of ether oxygens (including phenoxy) is 1. The minimum atomic E-state index is -0.604. The van der Waals surface area contributed by atoms with Crippen molar-refractivity contribution in [2.75, 3.05) is 6.61 Å². The average molecular weight is 226 g/mol. The third-order valence-corrected chi connectivity index (χ3v) is 4.07. The summed E-state index contributed by atoms with van der Waals surface area (Å²) in [6.45, 7) is 0.926. The van der Waals surface area contributed by atoms with Gasteiger partial charge in [0.2, 0.25) is 0 Å². The Bertz CT molecular complexity index is 225. The molecule has 1 N–H and O–H groups in total. The first-order valence-electron chi connectivity index (χ1n) is 6.60. The molecule has 2 aliphatic rings. The maximum Gasteiger partial charge on any atom is 0.306 e. The van der Waals surface area contributed by atoms with Crippen LogP contribution in [0.3, 0.4) is 0 Å². The summed E-state index contributed by atoms with van der Waals surface area (Å²) < 4.78 is 5.74. The molecule has 2 rings (SSSR count). The molecule has 2 fully saturated rings. The van der Waals surface area contributed by atoms with Crippen molar-refractivity contribution in [2.24, 2.45) is 11.8 Å². The Morgan fingerprint density at radius 1 is 1.12 bits per heavy atom. The van der Waals surface area contributed by atoms with Crippen molar-refractivity contribution < 1.29 is 14.6 Å². The zero-order chi connectivity index (χ0) is 11.4. The number of aliphatic carboxylic acids is 1. The molecule has 1 aliphatic carbocycles. The maximum absolute atomic E-state index is 10.8. The van der Waals surface area contributed by atoms with E-state index < -0.39 is 5.97 Å². The van der Waals surface area contributed by atoms with Gasteiger partial charge in [0.1, 0.15) is 0 Å². The number of hydrogen-bond acceptors (Lipinski definition) is 2. The highest BCUT2D eigenvalue weighted by Gasteiger charge is 2.28. The molecular weight excluding hydrogens is 204 g/mol. The zero-order valence-electron chi connectivity index (χ0n) is 9.86. The Balaban J connectivity index is 1.70. The molecule has 0 amide bonds. The fourth-order valence-electron chi connectivity index (χ4n) is 3.01. The summed E-state index contributed by atoms with van der Waals surface area (Å²) in [5.41, 5.74) is 0. The van der Waals surface area contributed by atoms with Gasteiger partial charge >= 0.3 is 5.97 Å². The fraction of sp³-hybridized carbons (Fsp3) is 0.923. The minimum Gasteiger partial charge on any atom is -0.481 e. The zero-order valence-corrected chi connectivity index (χ0v) is 9.86. The number of rotatable bonds is 3. The van der Waals surface area contributed by atoms with Crippen molar-refractivity contribution in [1.29, 1.82) is 0 Å². The van der Waals surface area contributed by atoms with Gasteiger partial charge in [0.25, 0.3) is 0 Å². The van der Waals surface area contributed by atoms with Gasteiger partial charge in [0.15, 0.2) is 0 Å². The summed E-state index contributed by atoms with van der Waals surface area (Å²) in [6.07, 6.45) is 9.23. The maximum atomic E-state index is 10.8. The number of hydrogen-bond donors (Lipinski definition) is 1. The van der Waals surface area contributed by atoms with Crippen LogP contribution in [0.25, 0.3) is 0 Å². The Morgan fingerprint density at radius 3 is 2.44 bits per heavy atom. The smallest absolute Gasteiger partial charge is 0.306 e. The average Bonchev–Trinajstić information content (AvgIpc) is 2.31. The summed E-state index contributed by atoms with van der Waals surface area (Å²) >= 11 is 0. The molecule has 1 heterocycles. The van der Waals surface area contributed by atoms with Crippen molar-refractivity contribution in [1.82, 2.24) is 0 Å². The van der Waals surface area contributed by atoms with Crippen LogP contribution < -0.4 is 0 Å². The van der Waals surface area contributed by atoms with Crippen molar-refractivity contribution in [3.8, 4) is 0 Å². The lowest BCUT2D eigenvalue weighted by atomic mass is 9.79. The monoisotopic (exact) mass is 226 g/mol. The highest BCUT2D eigenvalue weighted by molar-refractivity contribution is 5.69. The van der Waals surface area contributed by atoms with Crippen LogP contribution in [0, 0.1) is 11.8 Å². The van der Waals surface area contributed by atoms with Crippen LogP contribution in [0.5, 0.6) is 0 Å². The van der Waals surface area contributed by atoms with Gasteiger partial charge in [0.05, 0.1) is 12.0 Å². The van der Waals surface area contributed by atoms with Crippen LogP contribution in [0.15, 0.2) is 0 Å². The quantitative estimate of drug-likeness (QED) is 0.805. The van der Waals surface area contributed by atoms with Gasteiger partial charge in [-0.05, 0) is 57.3 Å². The molecule has 0 aromatic rings. The molecule has 92 valence electrons. The van der Waals surface area contributed by atoms with Crippen molar-refractivity contribution in [3.63, 3.8) is 0 Å². The second-order valence-corrected chi connectivity index (χ2v) is 5.28. The summed E-state index contributed by atoms with van der Waals surface area (Å²) in [6, 6.07) is 0. The van der Waals surface area contributed by atoms with Crippen molar-refractivity contribution in [2.45, 2.75) is 57.5 Å². The highest BCUT2D eigenvalue weighted by atomic mass is 16.5. The van der Waals surface area contributed by atoms with Gasteiger partial charge in [-0.3, -0.25) is 4.79 Å². The SMILES string of the molecule is O=C(O)C1CCC(CC2CCCCO2)CC1. The van der Waals surface area contributed by atoms with Gasteiger partial charge in [-0.15, -0.1) is 0 Å². The Kier molecular flexibility index (Phi) is 4.22. The third-order valence-electron chi connectivity index (χ3n) is 4.07. The molecule has 0 radical (unpaired) electrons. The molecule has 1 aliphatic heterocycles. The summed E-state index contributed by atoms with van der Waals surface area (Å²) in [5.74, 6) is 0.0228. The lowest BCUT2D eigenvalue weighted by Gasteiger charge is -2.30. The molecule has 1 saturated carbocycles. The molecule has 3 heteroatoms. The number of carboxylic acids is 1. The molecule has 1 atom stereocenters. The Hall–Kier alpha value is -0.570. The van der Waals surface area contributed by atoms with Crippen LogP contribution in [0.1, 0.15) is 51.4 Å². The second-order valence-electron chi connectivity index (χ2n) is 5.28. The van der Waals surface area contributed by atoms with Gasteiger partial charge in [-0.1, -0.05) is 0 Å². The van der Waals surface area contributed by atoms with Crippen LogP contribution in [-0.2, 0) is 9.53 Å². The van der Waals surface area contributed by atoms with E-state index in [4.69, 9.17) is 9.84 Å². The van der Waals surface area contributed by atoms with Crippen molar-refractivity contribution >= 4 is 5.97 Å². The highest BCUT2D eigenvalue weighted by Crippen LogP contribution is 2.33. The Morgan fingerprint density at radius 2 is 1.88 bits per heavy atom. The molecule has 0 aromatic heterocycles. The lowest BCUT2D eigenvalue weighted by molar-refractivity contribution is -0.143. The molecule has 0 aromatic carbocycles. The normalized spacial score (nSPS) is 35.9. The van der Waals surface area contributed by atoms with E-state index in [0.29, 0.717) is 12.0 Å². The summed E-state index contributed by atoms with van der Waals surface area (Å²) in [5, 5.41) is 8.92. The molecule has 0 bridgehead atoms. The number of carbonyl (C=O) groups is 1. The largest absolute Gasteiger partial charge is 0.481 e. The van der Waals surface area contributed by atoms with Crippen LogP contribution in [0.2, 0.25) is 0 Å². The lowest BCUT2D eigenvalue weighted by Crippen LogP contribution is -2.26. The number of carboxylic acid groups (broad SMARTS) is 1. The molecule has 1 saturated heterocycles. The topological polar surface area (TPSA) is 46.5 Å². The van der Waals surface area contributed by atoms with Crippen LogP contribution in [-0.4, -0.2) is 23.8 Å². The first-order chi connectivity index (χ1) is 7.75. The van der Waals surface area contributed by atoms with E-state index >= 15 is 0 Å². The van der Waals surface area contributed by atoms with Gasteiger partial charge in [-0.2, -0.15) is 0 Å². The van der Waals surface area contributed by atoms with E-state index in [1.807, 2.05) is 0 Å². The molecule has 0 spiro atoms. The fourth-order valence-corrected chi connectivity index (χ4v) is 3.01. The van der Waals surface area contributed by atoms with Crippen LogP contribution >= 0.6 is 0 Å². The van der Waals surface area contributed by atoms with Crippen molar-refractivity contribution in [3.05, 3.63) is 0 Å². The van der Waals surface area contributed by atoms with E-state index in [1.165, 1.54) is 19.3 Å². The van der Waals surface area contributed by atoms with E-state index in [9.17, 15) is 4.79 Å². The van der Waals surface area contributed by atoms with E-state index in [2.05, 4.69) is 0 Å². The predicted molar refractivity (Wildman–Crippen MR) is 61.3 cm³/mol. The second kappa shape index (κ2) is 5.67. The van der Waals surface area contributed by atoms with E-state index in [-0.39, 0.29) is 5.92 Å². The molecule has 16 heavy (non-hydrogen) atoms. The van der Waals surface area contributed by atoms with Gasteiger partial charge in [0, 0.05) is 6.61 Å². The summed E-state index contributed by atoms with van der Waals surface area (Å²) in [7, 11) is 0. The van der Waals surface area contributed by atoms with E-state index in [1.54, 1.807) is 0 Å². The third kappa shape index (κ3) is 3.21. The first-order valence-corrected chi connectivity index (χ1v) is 6.60.